The third kappa shape index (κ3) is 10.5. The molecule has 0 aliphatic rings. The second-order valence-electron chi connectivity index (χ2n) is 4.64. The Hall–Kier alpha value is -1.14. The van der Waals surface area contributed by atoms with E-state index >= 15 is 0 Å². The topological polar surface area (TPSA) is 102 Å². The Labute approximate surface area is 114 Å². The molecule has 1 atom stereocenters. The van der Waals surface area contributed by atoms with Crippen LogP contribution >= 0.6 is 0 Å². The second-order valence-corrected chi connectivity index (χ2v) is 4.64. The number of carboxylic acid groups (broad SMARTS) is 1. The molecule has 0 fully saturated rings. The molecule has 0 spiro atoms. The van der Waals surface area contributed by atoms with Crippen LogP contribution in [-0.4, -0.2) is 29.6 Å². The molecule has 112 valence electrons. The molecule has 0 bridgehead atoms. The molecule has 19 heavy (non-hydrogen) atoms. The standard InChI is InChI=1S/C13H26N2O4/c1-2-3-4-5-6-7-10-15-11(13(18)19-14)8-9-12(16)17/h11,15H,2-10,14H2,1H3,(H,16,17)/t11-/m1/s1. The summed E-state index contributed by atoms with van der Waals surface area (Å²) in [5.74, 6) is 3.29. The van der Waals surface area contributed by atoms with Crippen molar-refractivity contribution in [2.24, 2.45) is 5.90 Å². The van der Waals surface area contributed by atoms with E-state index in [9.17, 15) is 9.59 Å². The molecule has 0 heterocycles. The van der Waals surface area contributed by atoms with Crippen molar-refractivity contribution in [3.63, 3.8) is 0 Å². The molecule has 4 N–H and O–H groups in total. The molecule has 0 rings (SSSR count). The lowest BCUT2D eigenvalue weighted by Gasteiger charge is -2.14. The van der Waals surface area contributed by atoms with Crippen molar-refractivity contribution in [1.29, 1.82) is 0 Å². The van der Waals surface area contributed by atoms with E-state index in [1.165, 1.54) is 25.7 Å². The van der Waals surface area contributed by atoms with Gasteiger partial charge in [-0.2, -0.15) is 5.90 Å². The highest BCUT2D eigenvalue weighted by Gasteiger charge is 2.19. The van der Waals surface area contributed by atoms with Gasteiger partial charge in [0.05, 0.1) is 0 Å². The van der Waals surface area contributed by atoms with Crippen LogP contribution in [0, 0.1) is 0 Å². The van der Waals surface area contributed by atoms with Crippen LogP contribution in [0.3, 0.4) is 0 Å². The summed E-state index contributed by atoms with van der Waals surface area (Å²) in [5, 5.41) is 11.6. The summed E-state index contributed by atoms with van der Waals surface area (Å²) in [7, 11) is 0. The molecule has 0 saturated heterocycles. The van der Waals surface area contributed by atoms with Crippen LogP contribution in [0.1, 0.15) is 58.3 Å². The minimum atomic E-state index is -0.934. The van der Waals surface area contributed by atoms with Crippen molar-refractivity contribution in [3.8, 4) is 0 Å². The lowest BCUT2D eigenvalue weighted by Crippen LogP contribution is -2.40. The largest absolute Gasteiger partial charge is 0.481 e. The van der Waals surface area contributed by atoms with Crippen molar-refractivity contribution >= 4 is 11.9 Å². The molecule has 0 aliphatic carbocycles. The quantitative estimate of drug-likeness (QED) is 0.369. The zero-order chi connectivity index (χ0) is 14.5. The van der Waals surface area contributed by atoms with E-state index in [1.807, 2.05) is 0 Å². The molecule has 6 nitrogen and oxygen atoms in total. The fourth-order valence-electron chi connectivity index (χ4n) is 1.83. The van der Waals surface area contributed by atoms with E-state index in [0.29, 0.717) is 6.54 Å². The smallest absolute Gasteiger partial charge is 0.341 e. The van der Waals surface area contributed by atoms with E-state index in [2.05, 4.69) is 17.1 Å². The van der Waals surface area contributed by atoms with Gasteiger partial charge in [-0.25, -0.2) is 4.79 Å². The summed E-state index contributed by atoms with van der Waals surface area (Å²) < 4.78 is 0. The van der Waals surface area contributed by atoms with Crippen molar-refractivity contribution < 1.29 is 19.5 Å². The summed E-state index contributed by atoms with van der Waals surface area (Å²) >= 11 is 0. The van der Waals surface area contributed by atoms with E-state index in [-0.39, 0.29) is 12.8 Å². The van der Waals surface area contributed by atoms with Crippen molar-refractivity contribution in [3.05, 3.63) is 0 Å². The first kappa shape index (κ1) is 17.9. The average Bonchev–Trinajstić information content (AvgIpc) is 2.40. The van der Waals surface area contributed by atoms with Crippen LogP contribution in [-0.2, 0) is 14.4 Å². The molecular weight excluding hydrogens is 248 g/mol. The number of aliphatic carboxylic acids is 1. The zero-order valence-corrected chi connectivity index (χ0v) is 11.7. The van der Waals surface area contributed by atoms with E-state index < -0.39 is 18.0 Å². The normalized spacial score (nSPS) is 12.1. The second kappa shape index (κ2) is 11.9. The van der Waals surface area contributed by atoms with Crippen molar-refractivity contribution in [2.75, 3.05) is 6.54 Å². The number of unbranched alkanes of at least 4 members (excludes halogenated alkanes) is 5. The molecule has 0 radical (unpaired) electrons. The molecule has 0 aromatic heterocycles. The number of nitrogens with two attached hydrogens (primary N) is 1. The minimum absolute atomic E-state index is 0.0801. The number of nitrogens with one attached hydrogen (secondary N) is 1. The molecule has 6 heteroatoms. The van der Waals surface area contributed by atoms with Gasteiger partial charge < -0.3 is 15.3 Å². The van der Waals surface area contributed by atoms with Gasteiger partial charge in [-0.15, -0.1) is 0 Å². The van der Waals surface area contributed by atoms with Gasteiger partial charge in [0, 0.05) is 6.42 Å². The van der Waals surface area contributed by atoms with E-state index in [4.69, 9.17) is 11.0 Å². The maximum absolute atomic E-state index is 11.3. The van der Waals surface area contributed by atoms with E-state index in [0.717, 1.165) is 12.8 Å². The molecule has 0 saturated carbocycles. The number of hydrogen-bond donors (Lipinski definition) is 3. The van der Waals surface area contributed by atoms with Gasteiger partial charge >= 0.3 is 11.9 Å². The van der Waals surface area contributed by atoms with Crippen molar-refractivity contribution in [2.45, 2.75) is 64.3 Å². The fraction of sp³-hybridized carbons (Fsp3) is 0.846. The molecular formula is C13H26N2O4. The lowest BCUT2D eigenvalue weighted by molar-refractivity contribution is -0.147. The number of hydrogen-bond acceptors (Lipinski definition) is 5. The number of carbonyl (C=O) groups excluding carboxylic acids is 1. The summed E-state index contributed by atoms with van der Waals surface area (Å²) in [4.78, 5) is 26.0. The highest BCUT2D eigenvalue weighted by Crippen LogP contribution is 2.05. The zero-order valence-electron chi connectivity index (χ0n) is 11.7. The molecule has 0 aromatic rings. The highest BCUT2D eigenvalue weighted by atomic mass is 16.7. The SMILES string of the molecule is CCCCCCCCN[C@H](CCC(=O)O)C(=O)ON. The maximum atomic E-state index is 11.3. The summed E-state index contributed by atoms with van der Waals surface area (Å²) in [6, 6.07) is -0.628. The number of carboxylic acids is 1. The van der Waals surface area contributed by atoms with Crippen LogP contribution in [0.15, 0.2) is 0 Å². The van der Waals surface area contributed by atoms with Crippen LogP contribution in [0.5, 0.6) is 0 Å². The minimum Gasteiger partial charge on any atom is -0.481 e. The Balaban J connectivity index is 3.74. The van der Waals surface area contributed by atoms with Gasteiger partial charge in [-0.1, -0.05) is 39.0 Å². The van der Waals surface area contributed by atoms with Crippen molar-refractivity contribution in [1.82, 2.24) is 5.32 Å². The third-order valence-corrected chi connectivity index (χ3v) is 2.97. The van der Waals surface area contributed by atoms with Crippen LogP contribution in [0.2, 0.25) is 0 Å². The number of rotatable bonds is 12. The molecule has 0 aromatic carbocycles. The van der Waals surface area contributed by atoms with Gasteiger partial charge in [-0.3, -0.25) is 4.79 Å². The van der Waals surface area contributed by atoms with Crippen LogP contribution < -0.4 is 11.2 Å². The Morgan fingerprint density at radius 3 is 2.42 bits per heavy atom. The van der Waals surface area contributed by atoms with Gasteiger partial charge in [0.25, 0.3) is 0 Å². The molecule has 0 unspecified atom stereocenters. The summed E-state index contributed by atoms with van der Waals surface area (Å²) in [6.07, 6.45) is 7.10. The predicted molar refractivity (Wildman–Crippen MR) is 72.3 cm³/mol. The molecule has 0 aliphatic heterocycles. The Kier molecular flexibility index (Phi) is 11.2. The highest BCUT2D eigenvalue weighted by molar-refractivity contribution is 5.76. The van der Waals surface area contributed by atoms with Crippen LogP contribution in [0.4, 0.5) is 0 Å². The average molecular weight is 274 g/mol. The lowest BCUT2D eigenvalue weighted by atomic mass is 10.1. The molecule has 0 amide bonds. The predicted octanol–water partition coefficient (Wildman–Crippen LogP) is 1.59. The first-order valence-corrected chi connectivity index (χ1v) is 6.97. The first-order chi connectivity index (χ1) is 9.11. The maximum Gasteiger partial charge on any atom is 0.341 e. The Bertz CT molecular complexity index is 259. The first-order valence-electron chi connectivity index (χ1n) is 6.97. The fourth-order valence-corrected chi connectivity index (χ4v) is 1.83. The van der Waals surface area contributed by atoms with Crippen LogP contribution in [0.25, 0.3) is 0 Å². The van der Waals surface area contributed by atoms with Gasteiger partial charge in [0.15, 0.2) is 0 Å². The Morgan fingerprint density at radius 1 is 1.21 bits per heavy atom. The summed E-state index contributed by atoms with van der Waals surface area (Å²) in [5.41, 5.74) is 0. The summed E-state index contributed by atoms with van der Waals surface area (Å²) in [6.45, 7) is 2.85. The number of carbonyl (C=O) groups is 2. The van der Waals surface area contributed by atoms with Gasteiger partial charge in [-0.05, 0) is 19.4 Å². The van der Waals surface area contributed by atoms with Gasteiger partial charge in [0.2, 0.25) is 0 Å². The monoisotopic (exact) mass is 274 g/mol. The Morgan fingerprint density at radius 2 is 1.84 bits per heavy atom. The van der Waals surface area contributed by atoms with E-state index in [1.54, 1.807) is 0 Å². The third-order valence-electron chi connectivity index (χ3n) is 2.97. The van der Waals surface area contributed by atoms with Gasteiger partial charge in [0.1, 0.15) is 6.04 Å².